The van der Waals surface area contributed by atoms with Crippen LogP contribution in [0.25, 0.3) is 10.9 Å². The fraction of sp³-hybridized carbons (Fsp3) is 0.176. The van der Waals surface area contributed by atoms with Gasteiger partial charge in [-0.05, 0) is 29.9 Å². The molecule has 0 unspecified atom stereocenters. The molecular weight excluding hydrogens is 348 g/mol. The number of hydrogen-bond acceptors (Lipinski definition) is 4. The van der Waals surface area contributed by atoms with E-state index in [2.05, 4.69) is 4.98 Å². The van der Waals surface area contributed by atoms with Gasteiger partial charge in [0.25, 0.3) is 5.56 Å². The van der Waals surface area contributed by atoms with Gasteiger partial charge >= 0.3 is 0 Å². The van der Waals surface area contributed by atoms with Crippen molar-refractivity contribution < 1.29 is 9.47 Å². The van der Waals surface area contributed by atoms with Gasteiger partial charge in [0.2, 0.25) is 0 Å². The molecule has 0 aliphatic rings. The Bertz CT molecular complexity index is 1030. The largest absolute Gasteiger partial charge is 0.493 e. The topological polar surface area (TPSA) is 56.2 Å². The second-order valence-corrected chi connectivity index (χ2v) is 5.96. The van der Waals surface area contributed by atoms with Crippen molar-refractivity contribution in [2.24, 2.45) is 0 Å². The van der Waals surface area contributed by atoms with Crippen LogP contribution in [0.1, 0.15) is 5.56 Å². The van der Waals surface area contributed by atoms with Gasteiger partial charge in [0.15, 0.2) is 16.3 Å². The van der Waals surface area contributed by atoms with Crippen molar-refractivity contribution in [3.63, 3.8) is 0 Å². The third-order valence-corrected chi connectivity index (χ3v) is 4.46. The SMILES string of the molecule is COc1cc2[nH]c(=S)n(Cc3ccccc3Cl)c(=O)c2cc1OC. The molecule has 0 aliphatic carbocycles. The second-order valence-electron chi connectivity index (χ2n) is 5.17. The number of rotatable bonds is 4. The van der Waals surface area contributed by atoms with E-state index in [1.807, 2.05) is 18.2 Å². The van der Waals surface area contributed by atoms with Crippen LogP contribution in [0.15, 0.2) is 41.2 Å². The maximum Gasteiger partial charge on any atom is 0.262 e. The first-order chi connectivity index (χ1) is 11.5. The van der Waals surface area contributed by atoms with E-state index in [1.165, 1.54) is 18.8 Å². The van der Waals surface area contributed by atoms with Gasteiger partial charge < -0.3 is 14.5 Å². The molecule has 0 radical (unpaired) electrons. The standard InChI is InChI=1S/C17H15ClN2O3S/c1-22-14-7-11-13(8-15(14)23-2)19-17(24)20(16(11)21)9-10-5-3-4-6-12(10)18/h3-8H,9H2,1-2H3,(H,19,24). The second kappa shape index (κ2) is 6.67. The summed E-state index contributed by atoms with van der Waals surface area (Å²) in [5.41, 5.74) is 1.20. The molecule has 3 rings (SSSR count). The van der Waals surface area contributed by atoms with Crippen LogP contribution >= 0.6 is 23.8 Å². The van der Waals surface area contributed by atoms with E-state index in [-0.39, 0.29) is 12.1 Å². The molecule has 1 heterocycles. The summed E-state index contributed by atoms with van der Waals surface area (Å²) in [4.78, 5) is 15.9. The summed E-state index contributed by atoms with van der Waals surface area (Å²) >= 11 is 11.5. The first-order valence-corrected chi connectivity index (χ1v) is 7.96. The summed E-state index contributed by atoms with van der Waals surface area (Å²) in [5, 5.41) is 1.06. The summed E-state index contributed by atoms with van der Waals surface area (Å²) < 4.78 is 12.3. The molecule has 0 bridgehead atoms. The molecule has 0 aliphatic heterocycles. The minimum atomic E-state index is -0.213. The third kappa shape index (κ3) is 2.90. The van der Waals surface area contributed by atoms with E-state index in [0.717, 1.165) is 5.56 Å². The average molecular weight is 363 g/mol. The zero-order chi connectivity index (χ0) is 17.3. The number of benzene rings is 2. The van der Waals surface area contributed by atoms with Crippen LogP contribution in [0.4, 0.5) is 0 Å². The number of ether oxygens (including phenoxy) is 2. The lowest BCUT2D eigenvalue weighted by Crippen LogP contribution is -2.23. The van der Waals surface area contributed by atoms with Crippen molar-refractivity contribution in [1.29, 1.82) is 0 Å². The quantitative estimate of drug-likeness (QED) is 0.718. The number of H-pyrrole nitrogens is 1. The molecule has 2 aromatic carbocycles. The van der Waals surface area contributed by atoms with E-state index in [0.29, 0.717) is 32.2 Å². The van der Waals surface area contributed by atoms with Crippen LogP contribution < -0.4 is 15.0 Å². The number of methoxy groups -OCH3 is 2. The lowest BCUT2D eigenvalue weighted by molar-refractivity contribution is 0.355. The lowest BCUT2D eigenvalue weighted by atomic mass is 10.2. The summed E-state index contributed by atoms with van der Waals surface area (Å²) in [5.74, 6) is 1.01. The first kappa shape index (κ1) is 16.5. The summed E-state index contributed by atoms with van der Waals surface area (Å²) in [6.07, 6.45) is 0. The van der Waals surface area contributed by atoms with E-state index >= 15 is 0 Å². The van der Waals surface area contributed by atoms with E-state index in [1.54, 1.807) is 18.2 Å². The number of hydrogen-bond donors (Lipinski definition) is 1. The Hall–Kier alpha value is -2.31. The molecule has 0 amide bonds. The predicted molar refractivity (Wildman–Crippen MR) is 97.1 cm³/mol. The molecule has 0 atom stereocenters. The van der Waals surface area contributed by atoms with Crippen molar-refractivity contribution in [2.75, 3.05) is 14.2 Å². The van der Waals surface area contributed by atoms with E-state index < -0.39 is 0 Å². The third-order valence-electron chi connectivity index (χ3n) is 3.77. The Morgan fingerprint density at radius 1 is 1.17 bits per heavy atom. The van der Waals surface area contributed by atoms with Gasteiger partial charge in [-0.3, -0.25) is 9.36 Å². The highest BCUT2D eigenvalue weighted by atomic mass is 35.5. The van der Waals surface area contributed by atoms with Gasteiger partial charge in [-0.1, -0.05) is 29.8 Å². The zero-order valence-corrected chi connectivity index (χ0v) is 14.7. The number of nitrogens with one attached hydrogen (secondary N) is 1. The molecule has 7 heteroatoms. The molecule has 1 aromatic heterocycles. The van der Waals surface area contributed by atoms with Gasteiger partial charge in [0, 0.05) is 11.1 Å². The smallest absolute Gasteiger partial charge is 0.262 e. The summed E-state index contributed by atoms with van der Waals surface area (Å²) in [7, 11) is 3.06. The molecule has 1 N–H and O–H groups in total. The highest BCUT2D eigenvalue weighted by Gasteiger charge is 2.12. The Morgan fingerprint density at radius 2 is 1.83 bits per heavy atom. The summed E-state index contributed by atoms with van der Waals surface area (Å²) in [6, 6.07) is 10.7. The minimum absolute atomic E-state index is 0.213. The maximum absolute atomic E-state index is 12.9. The Morgan fingerprint density at radius 3 is 2.50 bits per heavy atom. The van der Waals surface area contributed by atoms with E-state index in [4.69, 9.17) is 33.3 Å². The number of aromatic nitrogens is 2. The van der Waals surface area contributed by atoms with Crippen LogP contribution in [0.5, 0.6) is 11.5 Å². The van der Waals surface area contributed by atoms with Crippen molar-refractivity contribution in [3.8, 4) is 11.5 Å². The van der Waals surface area contributed by atoms with Gasteiger partial charge in [-0.2, -0.15) is 0 Å². The highest BCUT2D eigenvalue weighted by Crippen LogP contribution is 2.30. The highest BCUT2D eigenvalue weighted by molar-refractivity contribution is 7.71. The first-order valence-electron chi connectivity index (χ1n) is 7.17. The fourth-order valence-corrected chi connectivity index (χ4v) is 2.97. The zero-order valence-electron chi connectivity index (χ0n) is 13.1. The van der Waals surface area contributed by atoms with Crippen molar-refractivity contribution in [2.45, 2.75) is 6.54 Å². The van der Waals surface area contributed by atoms with Crippen LogP contribution in [-0.4, -0.2) is 23.8 Å². The Labute approximate surface area is 148 Å². The average Bonchev–Trinajstić information content (AvgIpc) is 2.59. The summed E-state index contributed by atoms with van der Waals surface area (Å²) in [6.45, 7) is 0.290. The van der Waals surface area contributed by atoms with Crippen molar-refractivity contribution >= 4 is 34.7 Å². The molecule has 5 nitrogen and oxygen atoms in total. The molecule has 124 valence electrons. The predicted octanol–water partition coefficient (Wildman–Crippen LogP) is 3.78. The molecule has 0 saturated carbocycles. The normalized spacial score (nSPS) is 10.8. The minimum Gasteiger partial charge on any atom is -0.493 e. The maximum atomic E-state index is 12.9. The molecule has 0 fully saturated rings. The molecule has 0 saturated heterocycles. The van der Waals surface area contributed by atoms with Crippen molar-refractivity contribution in [3.05, 3.63) is 62.1 Å². The number of nitrogens with zero attached hydrogens (tertiary/aromatic N) is 1. The van der Waals surface area contributed by atoms with Crippen LogP contribution in [0.3, 0.4) is 0 Å². The van der Waals surface area contributed by atoms with Gasteiger partial charge in [0.05, 0.1) is 31.7 Å². The monoisotopic (exact) mass is 362 g/mol. The Balaban J connectivity index is 2.21. The van der Waals surface area contributed by atoms with Crippen LogP contribution in [0, 0.1) is 4.77 Å². The lowest BCUT2D eigenvalue weighted by Gasteiger charge is -2.12. The molecule has 3 aromatic rings. The van der Waals surface area contributed by atoms with Gasteiger partial charge in [0.1, 0.15) is 0 Å². The Kier molecular flexibility index (Phi) is 4.59. The van der Waals surface area contributed by atoms with E-state index in [9.17, 15) is 4.79 Å². The molecule has 24 heavy (non-hydrogen) atoms. The van der Waals surface area contributed by atoms with Crippen LogP contribution in [0.2, 0.25) is 5.02 Å². The van der Waals surface area contributed by atoms with Crippen molar-refractivity contribution in [1.82, 2.24) is 9.55 Å². The number of fused-ring (bicyclic) bond motifs is 1. The van der Waals surface area contributed by atoms with Gasteiger partial charge in [-0.15, -0.1) is 0 Å². The molecular formula is C17H15ClN2O3S. The fourth-order valence-electron chi connectivity index (χ4n) is 2.52. The number of aromatic amines is 1. The molecule has 0 spiro atoms. The van der Waals surface area contributed by atoms with Crippen LogP contribution in [-0.2, 0) is 6.54 Å². The van der Waals surface area contributed by atoms with Gasteiger partial charge in [-0.25, -0.2) is 0 Å². The number of halogens is 1.